The predicted octanol–water partition coefficient (Wildman–Crippen LogP) is 0.847. The Bertz CT molecular complexity index is 699. The molecule has 0 saturated heterocycles. The summed E-state index contributed by atoms with van der Waals surface area (Å²) in [5, 5.41) is 18.8. The summed E-state index contributed by atoms with van der Waals surface area (Å²) in [7, 11) is 1.60. The Labute approximate surface area is 144 Å². The van der Waals surface area contributed by atoms with E-state index in [2.05, 4.69) is 15.6 Å². The normalized spacial score (nSPS) is 10.3. The van der Waals surface area contributed by atoms with Crippen molar-refractivity contribution in [1.82, 2.24) is 20.3 Å². The van der Waals surface area contributed by atoms with Crippen LogP contribution in [0.4, 0.5) is 0 Å². The fourth-order valence-corrected chi connectivity index (χ4v) is 2.01. The Morgan fingerprint density at radius 3 is 2.64 bits per heavy atom. The Morgan fingerprint density at radius 1 is 1.24 bits per heavy atom. The summed E-state index contributed by atoms with van der Waals surface area (Å²) in [6, 6.07) is 7.22. The monoisotopic (exact) mass is 348 g/mol. The number of carbonyl (C=O) groups excluding carboxylic acids is 1. The standard InChI is InChI=1S/C16H20N4O5/c1-24-13-4-6-14(7-5-13)25-8-2-3-15(21)17-9-12-10-20(19-18-12)11-16(22)23/h4-7,10H,2-3,8-9,11H2,1H3,(H,17,21)(H,22,23). The molecule has 9 heteroatoms. The maximum atomic E-state index is 11.8. The topological polar surface area (TPSA) is 116 Å². The molecule has 2 aromatic rings. The van der Waals surface area contributed by atoms with Crippen LogP contribution < -0.4 is 14.8 Å². The molecular formula is C16H20N4O5. The van der Waals surface area contributed by atoms with Crippen LogP contribution in [0.5, 0.6) is 11.5 Å². The third kappa shape index (κ3) is 6.50. The van der Waals surface area contributed by atoms with Crippen molar-refractivity contribution in [1.29, 1.82) is 0 Å². The molecule has 0 saturated carbocycles. The molecule has 0 aliphatic rings. The van der Waals surface area contributed by atoms with E-state index in [-0.39, 0.29) is 19.0 Å². The summed E-state index contributed by atoms with van der Waals surface area (Å²) in [5.41, 5.74) is 0.504. The molecular weight excluding hydrogens is 328 g/mol. The second kappa shape index (κ2) is 9.26. The van der Waals surface area contributed by atoms with Crippen LogP contribution in [0.2, 0.25) is 0 Å². The molecule has 1 aromatic heterocycles. The number of hydrogen-bond donors (Lipinski definition) is 2. The van der Waals surface area contributed by atoms with Gasteiger partial charge in [0.25, 0.3) is 0 Å². The number of carboxylic acids is 1. The van der Waals surface area contributed by atoms with E-state index in [9.17, 15) is 9.59 Å². The number of methoxy groups -OCH3 is 1. The van der Waals surface area contributed by atoms with Crippen molar-refractivity contribution in [2.75, 3.05) is 13.7 Å². The van der Waals surface area contributed by atoms with Crippen LogP contribution >= 0.6 is 0 Å². The largest absolute Gasteiger partial charge is 0.497 e. The number of aliphatic carboxylic acids is 1. The molecule has 2 rings (SSSR count). The van der Waals surface area contributed by atoms with Gasteiger partial charge in [0.2, 0.25) is 5.91 Å². The number of ether oxygens (including phenoxy) is 2. The summed E-state index contributed by atoms with van der Waals surface area (Å²) in [6.45, 7) is 0.371. The van der Waals surface area contributed by atoms with Crippen LogP contribution in [0, 0.1) is 0 Å². The Kier molecular flexibility index (Phi) is 6.76. The molecule has 0 radical (unpaired) electrons. The van der Waals surface area contributed by atoms with Crippen molar-refractivity contribution in [2.45, 2.75) is 25.9 Å². The van der Waals surface area contributed by atoms with Gasteiger partial charge in [-0.05, 0) is 30.7 Å². The first-order chi connectivity index (χ1) is 12.1. The highest BCUT2D eigenvalue weighted by atomic mass is 16.5. The quantitative estimate of drug-likeness (QED) is 0.611. The van der Waals surface area contributed by atoms with Gasteiger partial charge < -0.3 is 19.9 Å². The van der Waals surface area contributed by atoms with Gasteiger partial charge in [0.05, 0.1) is 26.5 Å². The lowest BCUT2D eigenvalue weighted by atomic mass is 10.3. The zero-order chi connectivity index (χ0) is 18.1. The molecule has 0 aliphatic carbocycles. The predicted molar refractivity (Wildman–Crippen MR) is 87.2 cm³/mol. The van der Waals surface area contributed by atoms with Gasteiger partial charge in [-0.3, -0.25) is 9.59 Å². The minimum atomic E-state index is -1.00. The van der Waals surface area contributed by atoms with Gasteiger partial charge in [0, 0.05) is 6.42 Å². The summed E-state index contributed by atoms with van der Waals surface area (Å²) < 4.78 is 11.8. The summed E-state index contributed by atoms with van der Waals surface area (Å²) in [6.07, 6.45) is 2.38. The molecule has 0 aliphatic heterocycles. The van der Waals surface area contributed by atoms with Gasteiger partial charge in [0.1, 0.15) is 23.7 Å². The number of rotatable bonds is 10. The van der Waals surface area contributed by atoms with Gasteiger partial charge in [-0.15, -0.1) is 5.10 Å². The zero-order valence-electron chi connectivity index (χ0n) is 13.8. The van der Waals surface area contributed by atoms with Crippen molar-refractivity contribution >= 4 is 11.9 Å². The highest BCUT2D eigenvalue weighted by molar-refractivity contribution is 5.75. The van der Waals surface area contributed by atoms with Gasteiger partial charge in [-0.1, -0.05) is 5.21 Å². The Hall–Kier alpha value is -3.10. The third-order valence-corrected chi connectivity index (χ3v) is 3.23. The number of nitrogens with one attached hydrogen (secondary N) is 1. The van der Waals surface area contributed by atoms with Crippen LogP contribution in [-0.2, 0) is 22.7 Å². The smallest absolute Gasteiger partial charge is 0.325 e. The molecule has 0 atom stereocenters. The minimum Gasteiger partial charge on any atom is -0.497 e. The molecule has 0 fully saturated rings. The Balaban J connectivity index is 1.61. The number of hydrogen-bond acceptors (Lipinski definition) is 6. The SMILES string of the molecule is COc1ccc(OCCCC(=O)NCc2cn(CC(=O)O)nn2)cc1. The lowest BCUT2D eigenvalue weighted by molar-refractivity contribution is -0.138. The molecule has 2 N–H and O–H groups in total. The van der Waals surface area contributed by atoms with E-state index in [1.807, 2.05) is 0 Å². The Morgan fingerprint density at radius 2 is 1.96 bits per heavy atom. The minimum absolute atomic E-state index is 0.133. The van der Waals surface area contributed by atoms with Gasteiger partial charge in [0.15, 0.2) is 0 Å². The number of carbonyl (C=O) groups is 2. The summed E-state index contributed by atoms with van der Waals surface area (Å²) in [4.78, 5) is 22.3. The van der Waals surface area contributed by atoms with Crippen LogP contribution in [0.15, 0.2) is 30.5 Å². The maximum Gasteiger partial charge on any atom is 0.325 e. The van der Waals surface area contributed by atoms with Crippen molar-refractivity contribution in [3.05, 3.63) is 36.2 Å². The van der Waals surface area contributed by atoms with E-state index in [4.69, 9.17) is 14.6 Å². The van der Waals surface area contributed by atoms with Crippen molar-refractivity contribution in [3.63, 3.8) is 0 Å². The molecule has 1 amide bonds. The van der Waals surface area contributed by atoms with E-state index in [0.29, 0.717) is 25.1 Å². The van der Waals surface area contributed by atoms with Crippen molar-refractivity contribution in [2.24, 2.45) is 0 Å². The zero-order valence-corrected chi connectivity index (χ0v) is 13.8. The highest BCUT2D eigenvalue weighted by Crippen LogP contribution is 2.17. The van der Waals surface area contributed by atoms with Crippen molar-refractivity contribution < 1.29 is 24.2 Å². The van der Waals surface area contributed by atoms with E-state index in [0.717, 1.165) is 11.5 Å². The molecule has 9 nitrogen and oxygen atoms in total. The fraction of sp³-hybridized carbons (Fsp3) is 0.375. The average Bonchev–Trinajstić information content (AvgIpc) is 3.04. The molecule has 0 unspecified atom stereocenters. The highest BCUT2D eigenvalue weighted by Gasteiger charge is 2.06. The second-order valence-corrected chi connectivity index (χ2v) is 5.21. The van der Waals surface area contributed by atoms with Gasteiger partial charge in [-0.2, -0.15) is 0 Å². The summed E-state index contributed by atoms with van der Waals surface area (Å²) >= 11 is 0. The number of carboxylic acid groups (broad SMARTS) is 1. The molecule has 134 valence electrons. The maximum absolute atomic E-state index is 11.8. The summed E-state index contributed by atoms with van der Waals surface area (Å²) in [5.74, 6) is 0.340. The first-order valence-corrected chi connectivity index (χ1v) is 7.71. The third-order valence-electron chi connectivity index (χ3n) is 3.23. The van der Waals surface area contributed by atoms with E-state index < -0.39 is 5.97 Å². The van der Waals surface area contributed by atoms with Crippen LogP contribution in [-0.4, -0.2) is 45.7 Å². The van der Waals surface area contributed by atoms with Gasteiger partial charge >= 0.3 is 5.97 Å². The van der Waals surface area contributed by atoms with Gasteiger partial charge in [-0.25, -0.2) is 4.68 Å². The number of amides is 1. The lowest BCUT2D eigenvalue weighted by Crippen LogP contribution is -2.23. The first-order valence-electron chi connectivity index (χ1n) is 7.71. The van der Waals surface area contributed by atoms with Crippen LogP contribution in [0.1, 0.15) is 18.5 Å². The van der Waals surface area contributed by atoms with E-state index in [1.54, 1.807) is 31.4 Å². The molecule has 1 aromatic carbocycles. The first kappa shape index (κ1) is 18.2. The molecule has 0 spiro atoms. The molecule has 1 heterocycles. The lowest BCUT2D eigenvalue weighted by Gasteiger charge is -2.07. The van der Waals surface area contributed by atoms with E-state index >= 15 is 0 Å². The number of aromatic nitrogens is 3. The van der Waals surface area contributed by atoms with Crippen LogP contribution in [0.3, 0.4) is 0 Å². The second-order valence-electron chi connectivity index (χ2n) is 5.21. The molecule has 25 heavy (non-hydrogen) atoms. The number of benzene rings is 1. The number of nitrogens with zero attached hydrogens (tertiary/aromatic N) is 3. The van der Waals surface area contributed by atoms with E-state index in [1.165, 1.54) is 10.9 Å². The fourth-order valence-electron chi connectivity index (χ4n) is 2.01. The van der Waals surface area contributed by atoms with Crippen LogP contribution in [0.25, 0.3) is 0 Å². The molecule has 0 bridgehead atoms. The average molecular weight is 348 g/mol. The van der Waals surface area contributed by atoms with Crippen molar-refractivity contribution in [3.8, 4) is 11.5 Å².